The summed E-state index contributed by atoms with van der Waals surface area (Å²) in [5.41, 5.74) is -0.557. The van der Waals surface area contributed by atoms with E-state index >= 15 is 0 Å². The minimum atomic E-state index is -0.822. The quantitative estimate of drug-likeness (QED) is 0.703. The molecule has 0 heterocycles. The van der Waals surface area contributed by atoms with Crippen molar-refractivity contribution < 1.29 is 15.0 Å². The molecule has 0 aliphatic heterocycles. The predicted molar refractivity (Wildman–Crippen MR) is 99.2 cm³/mol. The molecule has 5 heteroatoms. The van der Waals surface area contributed by atoms with Gasteiger partial charge in [0.25, 0.3) is 0 Å². The Morgan fingerprint density at radius 2 is 1.83 bits per heavy atom. The van der Waals surface area contributed by atoms with Crippen LogP contribution in [0.15, 0.2) is 47.4 Å². The van der Waals surface area contributed by atoms with Crippen molar-refractivity contribution in [1.82, 2.24) is 5.32 Å². The number of rotatable bonds is 6. The van der Waals surface area contributed by atoms with Crippen LogP contribution in [0.2, 0.25) is 0 Å². The molecule has 2 atom stereocenters. The van der Waals surface area contributed by atoms with E-state index in [2.05, 4.69) is 29.6 Å². The zero-order valence-electron chi connectivity index (χ0n) is 14.3. The van der Waals surface area contributed by atoms with Crippen LogP contribution in [0.1, 0.15) is 20.8 Å². The highest BCUT2D eigenvalue weighted by Gasteiger charge is 2.27. The Kier molecular flexibility index (Phi) is 6.27. The fourth-order valence-corrected chi connectivity index (χ4v) is 3.17. The van der Waals surface area contributed by atoms with Crippen molar-refractivity contribution in [3.8, 4) is 0 Å². The molecule has 0 bridgehead atoms. The molecular formula is C19H25NO3S. The molecule has 2 rings (SSSR count). The van der Waals surface area contributed by atoms with Crippen LogP contribution in [0.25, 0.3) is 10.8 Å². The van der Waals surface area contributed by atoms with Crippen molar-refractivity contribution in [3.63, 3.8) is 0 Å². The van der Waals surface area contributed by atoms with Gasteiger partial charge in [-0.2, -0.15) is 0 Å². The molecule has 2 aromatic rings. The number of hydrogen-bond acceptors (Lipinski definition) is 4. The van der Waals surface area contributed by atoms with Gasteiger partial charge in [0.15, 0.2) is 0 Å². The maximum absolute atomic E-state index is 12.0. The van der Waals surface area contributed by atoms with Crippen LogP contribution in [-0.2, 0) is 4.79 Å². The molecule has 0 radical (unpaired) electrons. The molecule has 0 aromatic heterocycles. The summed E-state index contributed by atoms with van der Waals surface area (Å²) in [6, 6.07) is 13.6. The summed E-state index contributed by atoms with van der Waals surface area (Å²) in [7, 11) is 0. The average molecular weight is 347 g/mol. The van der Waals surface area contributed by atoms with Crippen LogP contribution in [0.5, 0.6) is 0 Å². The van der Waals surface area contributed by atoms with Crippen molar-refractivity contribution in [2.45, 2.75) is 37.8 Å². The Bertz CT molecular complexity index is 696. The SMILES string of the molecule is CC(C)(C)C(=O)N[C@@H](CO)[C@H](O)CSc1ccc2ccccc2c1. The molecule has 2 aromatic carbocycles. The molecule has 130 valence electrons. The van der Waals surface area contributed by atoms with Gasteiger partial charge < -0.3 is 15.5 Å². The van der Waals surface area contributed by atoms with E-state index in [0.717, 1.165) is 10.3 Å². The predicted octanol–water partition coefficient (Wildman–Crippen LogP) is 2.82. The number of fused-ring (bicyclic) bond motifs is 1. The van der Waals surface area contributed by atoms with E-state index < -0.39 is 17.6 Å². The molecule has 0 aliphatic carbocycles. The van der Waals surface area contributed by atoms with Crippen molar-refractivity contribution in [1.29, 1.82) is 0 Å². The number of hydrogen-bond donors (Lipinski definition) is 3. The monoisotopic (exact) mass is 347 g/mol. The van der Waals surface area contributed by atoms with E-state index in [0.29, 0.717) is 5.75 Å². The summed E-state index contributed by atoms with van der Waals surface area (Å²) < 4.78 is 0. The first-order chi connectivity index (χ1) is 11.3. The third-order valence-corrected chi connectivity index (χ3v) is 4.90. The Morgan fingerprint density at radius 1 is 1.17 bits per heavy atom. The molecule has 0 spiro atoms. The van der Waals surface area contributed by atoms with E-state index in [4.69, 9.17) is 0 Å². The van der Waals surface area contributed by atoms with Gasteiger partial charge in [-0.15, -0.1) is 11.8 Å². The van der Waals surface area contributed by atoms with Crippen molar-refractivity contribution in [3.05, 3.63) is 42.5 Å². The topological polar surface area (TPSA) is 69.6 Å². The number of amides is 1. The molecule has 0 saturated heterocycles. The summed E-state index contributed by atoms with van der Waals surface area (Å²) >= 11 is 1.51. The highest BCUT2D eigenvalue weighted by Crippen LogP contribution is 2.24. The van der Waals surface area contributed by atoms with Crippen LogP contribution >= 0.6 is 11.8 Å². The number of nitrogens with one attached hydrogen (secondary N) is 1. The summed E-state index contributed by atoms with van der Waals surface area (Å²) in [6.45, 7) is 5.11. The fraction of sp³-hybridized carbons (Fsp3) is 0.421. The van der Waals surface area contributed by atoms with Crippen molar-refractivity contribution >= 4 is 28.4 Å². The van der Waals surface area contributed by atoms with Crippen LogP contribution in [0.3, 0.4) is 0 Å². The van der Waals surface area contributed by atoms with E-state index in [1.807, 2.05) is 18.2 Å². The highest BCUT2D eigenvalue weighted by molar-refractivity contribution is 7.99. The second-order valence-corrected chi connectivity index (χ2v) is 7.99. The summed E-state index contributed by atoms with van der Waals surface area (Å²) in [4.78, 5) is 13.1. The highest BCUT2D eigenvalue weighted by atomic mass is 32.2. The molecular weight excluding hydrogens is 322 g/mol. The molecule has 3 N–H and O–H groups in total. The van der Waals surface area contributed by atoms with Crippen molar-refractivity contribution in [2.75, 3.05) is 12.4 Å². The standard InChI is InChI=1S/C19H25NO3S/c1-19(2,3)18(23)20-16(11-21)17(22)12-24-15-9-8-13-6-4-5-7-14(13)10-15/h4-10,16-17,21-22H,11-12H2,1-3H3,(H,20,23)/t16-,17+/m0/s1. The summed E-state index contributed by atoms with van der Waals surface area (Å²) in [5.74, 6) is 0.213. The Hall–Kier alpha value is -1.56. The molecule has 4 nitrogen and oxygen atoms in total. The Morgan fingerprint density at radius 3 is 2.46 bits per heavy atom. The molecule has 0 saturated carbocycles. The van der Waals surface area contributed by atoms with Gasteiger partial charge in [0.1, 0.15) is 0 Å². The molecule has 0 fully saturated rings. The van der Waals surface area contributed by atoms with E-state index in [-0.39, 0.29) is 12.5 Å². The van der Waals surface area contributed by atoms with Gasteiger partial charge in [0.2, 0.25) is 5.91 Å². The number of benzene rings is 2. The van der Waals surface area contributed by atoms with Gasteiger partial charge in [-0.3, -0.25) is 4.79 Å². The first kappa shape index (κ1) is 18.8. The maximum atomic E-state index is 12.0. The van der Waals surface area contributed by atoms with E-state index in [1.165, 1.54) is 17.1 Å². The zero-order chi connectivity index (χ0) is 17.7. The van der Waals surface area contributed by atoms with Gasteiger partial charge >= 0.3 is 0 Å². The minimum absolute atomic E-state index is 0.184. The molecule has 24 heavy (non-hydrogen) atoms. The average Bonchev–Trinajstić information content (AvgIpc) is 2.56. The second kappa shape index (κ2) is 8.01. The fourth-order valence-electron chi connectivity index (χ4n) is 2.20. The molecule has 0 unspecified atom stereocenters. The first-order valence-electron chi connectivity index (χ1n) is 8.03. The van der Waals surface area contributed by atoms with Crippen LogP contribution in [-0.4, -0.2) is 40.6 Å². The van der Waals surface area contributed by atoms with Crippen LogP contribution in [0.4, 0.5) is 0 Å². The lowest BCUT2D eigenvalue weighted by Crippen LogP contribution is -2.50. The lowest BCUT2D eigenvalue weighted by atomic mass is 9.95. The third kappa shape index (κ3) is 4.97. The minimum Gasteiger partial charge on any atom is -0.394 e. The van der Waals surface area contributed by atoms with Gasteiger partial charge in [-0.25, -0.2) is 0 Å². The second-order valence-electron chi connectivity index (χ2n) is 6.90. The Balaban J connectivity index is 1.96. The zero-order valence-corrected chi connectivity index (χ0v) is 15.1. The van der Waals surface area contributed by atoms with Gasteiger partial charge in [0, 0.05) is 16.1 Å². The number of carbonyl (C=O) groups excluding carboxylic acids is 1. The van der Waals surface area contributed by atoms with Gasteiger partial charge in [-0.05, 0) is 22.9 Å². The molecule has 0 aliphatic rings. The van der Waals surface area contributed by atoms with E-state index in [9.17, 15) is 15.0 Å². The molecule has 1 amide bonds. The number of aliphatic hydroxyl groups excluding tert-OH is 2. The van der Waals surface area contributed by atoms with E-state index in [1.54, 1.807) is 20.8 Å². The lowest BCUT2D eigenvalue weighted by molar-refractivity contribution is -0.130. The lowest BCUT2D eigenvalue weighted by Gasteiger charge is -2.26. The van der Waals surface area contributed by atoms with Crippen LogP contribution in [0, 0.1) is 5.41 Å². The van der Waals surface area contributed by atoms with Crippen LogP contribution < -0.4 is 5.32 Å². The third-order valence-electron chi connectivity index (χ3n) is 3.80. The number of thioether (sulfide) groups is 1. The van der Waals surface area contributed by atoms with Crippen molar-refractivity contribution in [2.24, 2.45) is 5.41 Å². The normalized spacial score (nSPS) is 14.4. The summed E-state index contributed by atoms with van der Waals surface area (Å²) in [5, 5.41) is 24.8. The Labute approximate surface area is 147 Å². The number of aliphatic hydroxyl groups is 2. The largest absolute Gasteiger partial charge is 0.394 e. The van der Waals surface area contributed by atoms with Gasteiger partial charge in [0.05, 0.1) is 18.8 Å². The summed E-state index contributed by atoms with van der Waals surface area (Å²) in [6.07, 6.45) is -0.822. The number of carbonyl (C=O) groups is 1. The maximum Gasteiger partial charge on any atom is 0.225 e. The smallest absolute Gasteiger partial charge is 0.225 e. The first-order valence-corrected chi connectivity index (χ1v) is 9.01. The van der Waals surface area contributed by atoms with Gasteiger partial charge in [-0.1, -0.05) is 51.1 Å².